The van der Waals surface area contributed by atoms with Gasteiger partial charge in [-0.25, -0.2) is 0 Å². The molecule has 138 valence electrons. The van der Waals surface area contributed by atoms with Crippen LogP contribution in [0.15, 0.2) is 36.4 Å². The summed E-state index contributed by atoms with van der Waals surface area (Å²) in [5, 5.41) is 0. The minimum absolute atomic E-state index is 0.0410. The molecule has 0 heterocycles. The van der Waals surface area contributed by atoms with E-state index in [1.165, 1.54) is 0 Å². The maximum atomic E-state index is 12.6. The zero-order valence-electron chi connectivity index (χ0n) is 16.8. The summed E-state index contributed by atoms with van der Waals surface area (Å²) in [5.74, 6) is 1.56. The van der Waals surface area contributed by atoms with E-state index >= 15 is 0 Å². The molecule has 2 aromatic rings. The Bertz CT molecular complexity index is 839. The molecule has 0 aliphatic rings. The van der Waals surface area contributed by atoms with Crippen LogP contribution in [0, 0.1) is 13.8 Å². The number of carbonyl (C=O) groups excluding carboxylic acids is 1. The number of hydrogen-bond acceptors (Lipinski definition) is 3. The summed E-state index contributed by atoms with van der Waals surface area (Å²) in [6.45, 7) is 10.4. The third kappa shape index (κ3) is 4.34. The number of ether oxygens (including phenoxy) is 2. The molecule has 0 fully saturated rings. The predicted molar refractivity (Wildman–Crippen MR) is 108 cm³/mol. The second-order valence-electron chi connectivity index (χ2n) is 7.53. The van der Waals surface area contributed by atoms with Crippen molar-refractivity contribution in [2.75, 3.05) is 14.2 Å². The zero-order valence-corrected chi connectivity index (χ0v) is 16.8. The molecule has 0 N–H and O–H groups in total. The molecular formula is C23H28O3. The Hall–Kier alpha value is -2.55. The van der Waals surface area contributed by atoms with Gasteiger partial charge in [0.1, 0.15) is 11.5 Å². The van der Waals surface area contributed by atoms with Gasteiger partial charge in [0.05, 0.1) is 14.2 Å². The monoisotopic (exact) mass is 352 g/mol. The Morgan fingerprint density at radius 3 is 2.19 bits per heavy atom. The number of carbonyl (C=O) groups is 1. The highest BCUT2D eigenvalue weighted by Crippen LogP contribution is 2.32. The molecule has 3 nitrogen and oxygen atoms in total. The van der Waals surface area contributed by atoms with E-state index in [0.717, 1.165) is 33.8 Å². The van der Waals surface area contributed by atoms with Crippen LogP contribution in [-0.4, -0.2) is 20.0 Å². The fourth-order valence-corrected chi connectivity index (χ4v) is 2.86. The van der Waals surface area contributed by atoms with Crippen LogP contribution in [0.3, 0.4) is 0 Å². The molecule has 0 aliphatic carbocycles. The molecule has 0 aliphatic heterocycles. The molecule has 2 rings (SSSR count). The maximum Gasteiger partial charge on any atom is 0.185 e. The topological polar surface area (TPSA) is 35.5 Å². The summed E-state index contributed by atoms with van der Waals surface area (Å²) in [5.41, 5.74) is 4.77. The number of aryl methyl sites for hydroxylation is 1. The highest BCUT2D eigenvalue weighted by Gasteiger charge is 2.19. The van der Waals surface area contributed by atoms with Crippen LogP contribution >= 0.6 is 0 Å². The summed E-state index contributed by atoms with van der Waals surface area (Å²) in [4.78, 5) is 12.6. The summed E-state index contributed by atoms with van der Waals surface area (Å²) in [6.07, 6.45) is 3.45. The Morgan fingerprint density at radius 2 is 1.62 bits per heavy atom. The first kappa shape index (κ1) is 19.8. The lowest BCUT2D eigenvalue weighted by Crippen LogP contribution is -2.13. The molecule has 3 heteroatoms. The molecule has 0 spiro atoms. The largest absolute Gasteiger partial charge is 0.496 e. The molecule has 0 aromatic heterocycles. The second kappa shape index (κ2) is 7.77. The summed E-state index contributed by atoms with van der Waals surface area (Å²) in [6, 6.07) is 9.68. The lowest BCUT2D eigenvalue weighted by atomic mass is 9.85. The molecule has 26 heavy (non-hydrogen) atoms. The fraction of sp³-hybridized carbons (Fsp3) is 0.348. The van der Waals surface area contributed by atoms with E-state index in [0.29, 0.717) is 5.56 Å². The first-order valence-corrected chi connectivity index (χ1v) is 8.73. The number of methoxy groups -OCH3 is 2. The van der Waals surface area contributed by atoms with Crippen molar-refractivity contribution in [2.45, 2.75) is 40.0 Å². The van der Waals surface area contributed by atoms with Crippen LogP contribution in [0.4, 0.5) is 0 Å². The molecular weight excluding hydrogens is 324 g/mol. The SMILES string of the molecule is COc1ccc(/C=C/C(=O)c2cc(C)c(C)c(OC)c2)cc1C(C)(C)C. The van der Waals surface area contributed by atoms with Gasteiger partial charge < -0.3 is 9.47 Å². The van der Waals surface area contributed by atoms with Gasteiger partial charge >= 0.3 is 0 Å². The van der Waals surface area contributed by atoms with Crippen molar-refractivity contribution < 1.29 is 14.3 Å². The van der Waals surface area contributed by atoms with Gasteiger partial charge in [-0.1, -0.05) is 32.9 Å². The van der Waals surface area contributed by atoms with Crippen molar-refractivity contribution >= 4 is 11.9 Å². The van der Waals surface area contributed by atoms with Crippen molar-refractivity contribution in [1.82, 2.24) is 0 Å². The average Bonchev–Trinajstić information content (AvgIpc) is 2.60. The third-order valence-corrected chi connectivity index (χ3v) is 4.58. The van der Waals surface area contributed by atoms with Gasteiger partial charge in [-0.3, -0.25) is 4.79 Å². The van der Waals surface area contributed by atoms with Gasteiger partial charge in [0, 0.05) is 11.1 Å². The Balaban J connectivity index is 2.33. The Morgan fingerprint density at radius 1 is 0.962 bits per heavy atom. The van der Waals surface area contributed by atoms with E-state index in [-0.39, 0.29) is 11.2 Å². The molecule has 2 aromatic carbocycles. The molecule has 0 amide bonds. The second-order valence-corrected chi connectivity index (χ2v) is 7.53. The average molecular weight is 352 g/mol. The van der Waals surface area contributed by atoms with Crippen LogP contribution in [-0.2, 0) is 5.41 Å². The van der Waals surface area contributed by atoms with E-state index in [9.17, 15) is 4.79 Å². The minimum Gasteiger partial charge on any atom is -0.496 e. The first-order valence-electron chi connectivity index (χ1n) is 8.73. The van der Waals surface area contributed by atoms with E-state index in [2.05, 4.69) is 26.8 Å². The van der Waals surface area contributed by atoms with Crippen LogP contribution in [0.5, 0.6) is 11.5 Å². The number of benzene rings is 2. The highest BCUT2D eigenvalue weighted by molar-refractivity contribution is 6.07. The minimum atomic E-state index is -0.0421. The van der Waals surface area contributed by atoms with Gasteiger partial charge in [0.25, 0.3) is 0 Å². The lowest BCUT2D eigenvalue weighted by Gasteiger charge is -2.22. The van der Waals surface area contributed by atoms with E-state index < -0.39 is 0 Å². The highest BCUT2D eigenvalue weighted by atomic mass is 16.5. The van der Waals surface area contributed by atoms with Crippen molar-refractivity contribution in [2.24, 2.45) is 0 Å². The molecule has 0 bridgehead atoms. The van der Waals surface area contributed by atoms with Gasteiger partial charge in [-0.2, -0.15) is 0 Å². The zero-order chi connectivity index (χ0) is 19.5. The van der Waals surface area contributed by atoms with Gasteiger partial charge in [0.2, 0.25) is 0 Å². The van der Waals surface area contributed by atoms with E-state index in [4.69, 9.17) is 9.47 Å². The van der Waals surface area contributed by atoms with Gasteiger partial charge in [0.15, 0.2) is 5.78 Å². The number of rotatable bonds is 5. The standard InChI is InChI=1S/C23H28O3/c1-15-12-18(14-22(26-7)16(15)2)20(24)10-8-17-9-11-21(25-6)19(13-17)23(3,4)5/h8-14H,1-7H3/b10-8+. The summed E-state index contributed by atoms with van der Waals surface area (Å²) >= 11 is 0. The first-order chi connectivity index (χ1) is 12.2. The van der Waals surface area contributed by atoms with Crippen molar-refractivity contribution in [3.63, 3.8) is 0 Å². The molecule has 0 saturated carbocycles. The Labute approximate surface area is 156 Å². The van der Waals surface area contributed by atoms with Crippen LogP contribution < -0.4 is 9.47 Å². The van der Waals surface area contributed by atoms with Crippen molar-refractivity contribution in [1.29, 1.82) is 0 Å². The van der Waals surface area contributed by atoms with Crippen LogP contribution in [0.2, 0.25) is 0 Å². The van der Waals surface area contributed by atoms with E-state index in [1.54, 1.807) is 26.4 Å². The van der Waals surface area contributed by atoms with E-state index in [1.807, 2.05) is 38.1 Å². The van der Waals surface area contributed by atoms with Crippen molar-refractivity contribution in [3.8, 4) is 11.5 Å². The smallest absolute Gasteiger partial charge is 0.185 e. The summed E-state index contributed by atoms with van der Waals surface area (Å²) < 4.78 is 10.8. The van der Waals surface area contributed by atoms with Crippen LogP contribution in [0.1, 0.15) is 53.4 Å². The number of hydrogen-bond donors (Lipinski definition) is 0. The molecule has 0 atom stereocenters. The third-order valence-electron chi connectivity index (χ3n) is 4.58. The van der Waals surface area contributed by atoms with Crippen molar-refractivity contribution in [3.05, 3.63) is 64.2 Å². The van der Waals surface area contributed by atoms with Gasteiger partial charge in [-0.15, -0.1) is 0 Å². The number of ketones is 1. The predicted octanol–water partition coefficient (Wildman–Crippen LogP) is 5.51. The fourth-order valence-electron chi connectivity index (χ4n) is 2.86. The molecule has 0 unspecified atom stereocenters. The lowest BCUT2D eigenvalue weighted by molar-refractivity contribution is 0.104. The Kier molecular flexibility index (Phi) is 5.91. The number of allylic oxidation sites excluding steroid dienone is 1. The summed E-state index contributed by atoms with van der Waals surface area (Å²) in [7, 11) is 3.30. The van der Waals surface area contributed by atoms with Crippen LogP contribution in [0.25, 0.3) is 6.08 Å². The molecule has 0 saturated heterocycles. The maximum absolute atomic E-state index is 12.6. The molecule has 0 radical (unpaired) electrons. The quantitative estimate of drug-likeness (QED) is 0.525. The normalized spacial score (nSPS) is 11.7. The van der Waals surface area contributed by atoms with Gasteiger partial charge in [-0.05, 0) is 66.3 Å².